The van der Waals surface area contributed by atoms with Crippen LogP contribution in [0.5, 0.6) is 0 Å². The van der Waals surface area contributed by atoms with Crippen molar-refractivity contribution >= 4 is 34.0 Å². The number of hydrogen-bond acceptors (Lipinski definition) is 4. The zero-order valence-electron chi connectivity index (χ0n) is 17.8. The van der Waals surface area contributed by atoms with Crippen molar-refractivity contribution in [3.8, 4) is 17.1 Å². The van der Waals surface area contributed by atoms with Gasteiger partial charge in [0, 0.05) is 22.9 Å². The molecule has 2 aromatic carbocycles. The van der Waals surface area contributed by atoms with Gasteiger partial charge in [0.25, 0.3) is 0 Å². The lowest BCUT2D eigenvalue weighted by molar-refractivity contribution is 0.806. The second-order valence-corrected chi connectivity index (χ2v) is 8.30. The summed E-state index contributed by atoms with van der Waals surface area (Å²) in [5.41, 5.74) is 6.58. The number of para-hydroxylation sites is 2. The van der Waals surface area contributed by atoms with Crippen LogP contribution in [0.4, 0.5) is 11.4 Å². The van der Waals surface area contributed by atoms with E-state index >= 15 is 0 Å². The van der Waals surface area contributed by atoms with Crippen LogP contribution in [0, 0.1) is 0 Å². The van der Waals surface area contributed by atoms with E-state index in [4.69, 9.17) is 21.6 Å². The zero-order valence-corrected chi connectivity index (χ0v) is 18.6. The Hall–Kier alpha value is -3.70. The Morgan fingerprint density at radius 3 is 2.53 bits per heavy atom. The van der Waals surface area contributed by atoms with E-state index in [1.165, 1.54) is 0 Å². The van der Waals surface area contributed by atoms with Crippen LogP contribution in [0.3, 0.4) is 0 Å². The lowest BCUT2D eigenvalue weighted by atomic mass is 10.1. The summed E-state index contributed by atoms with van der Waals surface area (Å²) < 4.78 is 2.19. The molecule has 5 nitrogen and oxygen atoms in total. The number of pyridine rings is 1. The van der Waals surface area contributed by atoms with E-state index < -0.39 is 0 Å². The second kappa shape index (κ2) is 8.44. The number of halogens is 1. The summed E-state index contributed by atoms with van der Waals surface area (Å²) in [6.45, 7) is 4.15. The molecule has 5 rings (SSSR count). The number of rotatable bonds is 4. The monoisotopic (exact) mass is 439 g/mol. The van der Waals surface area contributed by atoms with E-state index in [1.54, 1.807) is 6.20 Å². The average Bonchev–Trinajstić information content (AvgIpc) is 2.80. The minimum atomic E-state index is 0.137. The van der Waals surface area contributed by atoms with Crippen LogP contribution in [0.1, 0.15) is 13.8 Å². The van der Waals surface area contributed by atoms with Crippen LogP contribution in [0.2, 0.25) is 5.02 Å². The highest BCUT2D eigenvalue weighted by atomic mass is 35.5. The van der Waals surface area contributed by atoms with Crippen molar-refractivity contribution < 1.29 is 0 Å². The van der Waals surface area contributed by atoms with E-state index in [9.17, 15) is 0 Å². The number of aromatic nitrogens is 3. The fourth-order valence-electron chi connectivity index (χ4n) is 3.78. The highest BCUT2D eigenvalue weighted by molar-refractivity contribution is 6.30. The zero-order chi connectivity index (χ0) is 22.1. The van der Waals surface area contributed by atoms with Gasteiger partial charge in [-0.05, 0) is 74.5 Å². The molecule has 0 spiro atoms. The average molecular weight is 440 g/mol. The van der Waals surface area contributed by atoms with Gasteiger partial charge in [-0.25, -0.2) is 4.98 Å². The Kier molecular flexibility index (Phi) is 5.33. The Labute approximate surface area is 191 Å². The molecule has 0 unspecified atom stereocenters. The first kappa shape index (κ1) is 20.2. The first-order chi connectivity index (χ1) is 15.6. The van der Waals surface area contributed by atoms with Crippen LogP contribution < -0.4 is 10.7 Å². The van der Waals surface area contributed by atoms with Gasteiger partial charge >= 0.3 is 0 Å². The van der Waals surface area contributed by atoms with Gasteiger partial charge in [-0.2, -0.15) is 0 Å². The van der Waals surface area contributed by atoms with E-state index in [2.05, 4.69) is 53.0 Å². The Balaban J connectivity index is 1.81. The third kappa shape index (κ3) is 3.95. The smallest absolute Gasteiger partial charge is 0.0900 e. The van der Waals surface area contributed by atoms with Gasteiger partial charge in [0.2, 0.25) is 0 Å². The van der Waals surface area contributed by atoms with Gasteiger partial charge < -0.3 is 9.88 Å². The molecule has 0 fully saturated rings. The summed E-state index contributed by atoms with van der Waals surface area (Å²) in [4.78, 5) is 14.2. The molecule has 3 aromatic rings. The first-order valence-corrected chi connectivity index (χ1v) is 10.9. The quantitative estimate of drug-likeness (QED) is 0.337. The number of hydrogen-bond donors (Lipinski definition) is 1. The minimum Gasteiger partial charge on any atom is -0.354 e. The predicted molar refractivity (Wildman–Crippen MR) is 131 cm³/mol. The van der Waals surface area contributed by atoms with E-state index in [-0.39, 0.29) is 6.04 Å². The maximum atomic E-state index is 6.06. The molecule has 0 bridgehead atoms. The van der Waals surface area contributed by atoms with Gasteiger partial charge in [-0.1, -0.05) is 23.7 Å². The highest BCUT2D eigenvalue weighted by Gasteiger charge is 2.16. The van der Waals surface area contributed by atoms with Gasteiger partial charge in [0.1, 0.15) is 0 Å². The predicted octanol–water partition coefficient (Wildman–Crippen LogP) is 6.23. The maximum absolute atomic E-state index is 6.06. The summed E-state index contributed by atoms with van der Waals surface area (Å²) >= 11 is 6.06. The number of nitrogens with one attached hydrogen (secondary N) is 1. The van der Waals surface area contributed by atoms with Crippen molar-refractivity contribution in [3.63, 3.8) is 0 Å². The molecular weight excluding hydrogens is 418 g/mol. The van der Waals surface area contributed by atoms with Gasteiger partial charge in [0.15, 0.2) is 0 Å². The van der Waals surface area contributed by atoms with Crippen molar-refractivity contribution in [1.82, 2.24) is 14.5 Å². The van der Waals surface area contributed by atoms with Gasteiger partial charge in [0.05, 0.1) is 45.4 Å². The molecule has 0 saturated heterocycles. The van der Waals surface area contributed by atoms with Gasteiger partial charge in [-0.3, -0.25) is 9.98 Å². The number of nitrogens with zero attached hydrogens (tertiary/aromatic N) is 4. The van der Waals surface area contributed by atoms with Crippen molar-refractivity contribution in [2.24, 2.45) is 4.99 Å². The van der Waals surface area contributed by atoms with Crippen molar-refractivity contribution in [3.05, 3.63) is 95.6 Å². The fraction of sp³-hybridized carbons (Fsp3) is 0.115. The van der Waals surface area contributed by atoms with E-state index in [1.807, 2.05) is 54.7 Å². The molecule has 1 aromatic heterocycles. The molecule has 2 aliphatic rings. The molecule has 0 saturated carbocycles. The van der Waals surface area contributed by atoms with Crippen molar-refractivity contribution in [2.75, 3.05) is 5.32 Å². The molecule has 0 amide bonds. The summed E-state index contributed by atoms with van der Waals surface area (Å²) in [7, 11) is 0. The lowest BCUT2D eigenvalue weighted by Crippen LogP contribution is -2.16. The Morgan fingerprint density at radius 1 is 0.969 bits per heavy atom. The molecule has 0 radical (unpaired) electrons. The lowest BCUT2D eigenvalue weighted by Gasteiger charge is -2.20. The molecule has 1 aliphatic carbocycles. The summed E-state index contributed by atoms with van der Waals surface area (Å²) in [6.07, 6.45) is 3.65. The maximum Gasteiger partial charge on any atom is 0.0900 e. The molecule has 0 atom stereocenters. The topological polar surface area (TPSA) is 55.1 Å². The Morgan fingerprint density at radius 2 is 1.78 bits per heavy atom. The summed E-state index contributed by atoms with van der Waals surface area (Å²) in [5, 5.41) is 5.06. The normalized spacial score (nSPS) is 12.1. The second-order valence-electron chi connectivity index (χ2n) is 7.86. The van der Waals surface area contributed by atoms with Crippen LogP contribution in [0.15, 0.2) is 90.2 Å². The standard InChI is InChI=1S/C26H22ClN5/c1-17(2)29-23-15-26-24(14-22(23)30-19-11-9-18(27)10-12-19)31-21-7-3-4-8-25(21)32(26)20-6-5-13-28-16-20/h3-17,30H,1-2H3. The molecule has 158 valence electrons. The molecule has 6 heteroatoms. The van der Waals surface area contributed by atoms with E-state index in [0.29, 0.717) is 5.02 Å². The van der Waals surface area contributed by atoms with Gasteiger partial charge in [-0.15, -0.1) is 0 Å². The third-order valence-electron chi connectivity index (χ3n) is 5.12. The summed E-state index contributed by atoms with van der Waals surface area (Å²) in [5.74, 6) is 0. The number of anilines is 2. The molecule has 2 heterocycles. The van der Waals surface area contributed by atoms with Crippen LogP contribution in [0.25, 0.3) is 28.1 Å². The Bertz CT molecular complexity index is 1420. The van der Waals surface area contributed by atoms with E-state index in [0.717, 1.165) is 44.8 Å². The SMILES string of the molecule is CC(C)N=c1cc2n(-c3cccnc3)c3ccccc3nc-2cc1Nc1ccc(Cl)cc1. The molecule has 1 aliphatic heterocycles. The number of fused-ring (bicyclic) bond motifs is 2. The molecular formula is C26H22ClN5. The highest BCUT2D eigenvalue weighted by Crippen LogP contribution is 2.30. The minimum absolute atomic E-state index is 0.137. The van der Waals surface area contributed by atoms with Crippen LogP contribution in [-0.4, -0.2) is 20.6 Å². The number of benzene rings is 3. The first-order valence-electron chi connectivity index (χ1n) is 10.5. The van der Waals surface area contributed by atoms with Crippen LogP contribution in [-0.2, 0) is 0 Å². The molecule has 32 heavy (non-hydrogen) atoms. The van der Waals surface area contributed by atoms with Crippen molar-refractivity contribution in [1.29, 1.82) is 0 Å². The van der Waals surface area contributed by atoms with Crippen LogP contribution >= 0.6 is 11.6 Å². The molecule has 1 N–H and O–H groups in total. The third-order valence-corrected chi connectivity index (χ3v) is 5.37. The van der Waals surface area contributed by atoms with Crippen molar-refractivity contribution in [2.45, 2.75) is 19.9 Å². The largest absolute Gasteiger partial charge is 0.354 e. The summed E-state index contributed by atoms with van der Waals surface area (Å²) in [6, 6.07) is 24.1. The fourth-order valence-corrected chi connectivity index (χ4v) is 3.91.